The first-order chi connectivity index (χ1) is 15.1. The normalized spacial score (nSPS) is 17.6. The number of rotatable bonds is 4. The van der Waals surface area contributed by atoms with Crippen molar-refractivity contribution in [2.24, 2.45) is 5.92 Å². The lowest BCUT2D eigenvalue weighted by molar-refractivity contribution is -0.122. The standard InChI is InChI=1S/C21H18ClN5O4/c22-14-1-3-17(27-12-23-11-24-27)16(8-14)25-21(29)13-7-20(28)26(10-13)15-2-4-18-19(9-15)31-6-5-30-18/h1-4,8-9,11-13H,5-7,10H2,(H,25,29)/t13-/m1/s1. The van der Waals surface area contributed by atoms with Gasteiger partial charge in [-0.15, -0.1) is 0 Å². The van der Waals surface area contributed by atoms with Crippen molar-refractivity contribution in [2.75, 3.05) is 30.0 Å². The molecule has 3 heterocycles. The molecule has 0 aliphatic carbocycles. The van der Waals surface area contributed by atoms with Crippen molar-refractivity contribution in [1.82, 2.24) is 14.8 Å². The highest BCUT2D eigenvalue weighted by Gasteiger charge is 2.36. The van der Waals surface area contributed by atoms with Crippen molar-refractivity contribution in [3.05, 3.63) is 54.1 Å². The minimum atomic E-state index is -0.511. The average Bonchev–Trinajstić information content (AvgIpc) is 3.43. The molecule has 0 spiro atoms. The van der Waals surface area contributed by atoms with E-state index >= 15 is 0 Å². The van der Waals surface area contributed by atoms with Crippen molar-refractivity contribution in [3.63, 3.8) is 0 Å². The number of nitrogens with zero attached hydrogens (tertiary/aromatic N) is 4. The molecule has 5 rings (SSSR count). The highest BCUT2D eigenvalue weighted by atomic mass is 35.5. The second-order valence-electron chi connectivity index (χ2n) is 7.22. The van der Waals surface area contributed by atoms with Gasteiger partial charge in [0.1, 0.15) is 25.9 Å². The maximum absolute atomic E-state index is 13.0. The van der Waals surface area contributed by atoms with Gasteiger partial charge in [-0.1, -0.05) is 11.6 Å². The maximum Gasteiger partial charge on any atom is 0.229 e. The number of benzene rings is 2. The molecule has 1 saturated heterocycles. The van der Waals surface area contributed by atoms with Crippen LogP contribution in [-0.4, -0.2) is 46.3 Å². The molecule has 1 aromatic heterocycles. The number of hydrogen-bond donors (Lipinski definition) is 1. The van der Waals surface area contributed by atoms with Crippen LogP contribution in [0.5, 0.6) is 11.5 Å². The molecule has 3 aromatic rings. The van der Waals surface area contributed by atoms with Crippen molar-refractivity contribution in [1.29, 1.82) is 0 Å². The minimum absolute atomic E-state index is 0.111. The number of anilines is 2. The van der Waals surface area contributed by atoms with E-state index in [4.69, 9.17) is 21.1 Å². The van der Waals surface area contributed by atoms with Gasteiger partial charge in [0, 0.05) is 29.7 Å². The Morgan fingerprint density at radius 3 is 2.77 bits per heavy atom. The lowest BCUT2D eigenvalue weighted by atomic mass is 10.1. The molecular formula is C21H18ClN5O4. The lowest BCUT2D eigenvalue weighted by Crippen LogP contribution is -2.28. The molecule has 0 saturated carbocycles. The molecule has 0 unspecified atom stereocenters. The summed E-state index contributed by atoms with van der Waals surface area (Å²) >= 11 is 6.12. The summed E-state index contributed by atoms with van der Waals surface area (Å²) in [6, 6.07) is 10.4. The Bertz CT molecular complexity index is 1150. The van der Waals surface area contributed by atoms with E-state index in [0.29, 0.717) is 46.8 Å². The van der Waals surface area contributed by atoms with Gasteiger partial charge in [-0.05, 0) is 30.3 Å². The molecule has 10 heteroatoms. The summed E-state index contributed by atoms with van der Waals surface area (Å²) in [5.74, 6) is 0.345. The summed E-state index contributed by atoms with van der Waals surface area (Å²) in [5.41, 5.74) is 1.80. The Labute approximate surface area is 182 Å². The summed E-state index contributed by atoms with van der Waals surface area (Å²) in [5, 5.41) is 7.47. The SMILES string of the molecule is O=C(Nc1cc(Cl)ccc1-n1cncn1)[C@@H]1CC(=O)N(c2ccc3c(c2)OCCO3)C1. The number of halogens is 1. The topological polar surface area (TPSA) is 98.6 Å². The number of fused-ring (bicyclic) bond motifs is 1. The Morgan fingerprint density at radius 2 is 1.97 bits per heavy atom. The van der Waals surface area contributed by atoms with Crippen LogP contribution >= 0.6 is 11.6 Å². The maximum atomic E-state index is 13.0. The number of carbonyl (C=O) groups is 2. The number of hydrogen-bond acceptors (Lipinski definition) is 6. The number of amides is 2. The lowest BCUT2D eigenvalue weighted by Gasteiger charge is -2.22. The highest BCUT2D eigenvalue weighted by molar-refractivity contribution is 6.31. The summed E-state index contributed by atoms with van der Waals surface area (Å²) in [6.45, 7) is 1.23. The highest BCUT2D eigenvalue weighted by Crippen LogP contribution is 2.36. The van der Waals surface area contributed by atoms with E-state index in [2.05, 4.69) is 15.4 Å². The molecule has 31 heavy (non-hydrogen) atoms. The fraction of sp³-hybridized carbons (Fsp3) is 0.238. The molecule has 2 aliphatic rings. The molecule has 9 nitrogen and oxygen atoms in total. The zero-order chi connectivity index (χ0) is 21.4. The molecule has 1 atom stereocenters. The molecule has 2 aliphatic heterocycles. The van der Waals surface area contributed by atoms with Crippen LogP contribution in [0.25, 0.3) is 5.69 Å². The van der Waals surface area contributed by atoms with Gasteiger partial charge in [0.05, 0.1) is 17.3 Å². The Morgan fingerprint density at radius 1 is 1.13 bits per heavy atom. The number of aromatic nitrogens is 3. The van der Waals surface area contributed by atoms with Gasteiger partial charge < -0.3 is 19.7 Å². The van der Waals surface area contributed by atoms with E-state index in [-0.39, 0.29) is 24.8 Å². The second kappa shape index (κ2) is 7.92. The summed E-state index contributed by atoms with van der Waals surface area (Å²) in [4.78, 5) is 31.2. The monoisotopic (exact) mass is 439 g/mol. The van der Waals surface area contributed by atoms with Gasteiger partial charge in [-0.3, -0.25) is 9.59 Å². The minimum Gasteiger partial charge on any atom is -0.486 e. The van der Waals surface area contributed by atoms with Crippen molar-refractivity contribution < 1.29 is 19.1 Å². The zero-order valence-corrected chi connectivity index (χ0v) is 17.1. The van der Waals surface area contributed by atoms with Crippen LogP contribution in [0.3, 0.4) is 0 Å². The predicted octanol–water partition coefficient (Wildman–Crippen LogP) is 2.68. The fourth-order valence-corrected chi connectivity index (χ4v) is 3.88. The van der Waals surface area contributed by atoms with E-state index < -0.39 is 5.92 Å². The van der Waals surface area contributed by atoms with Gasteiger partial charge in [-0.2, -0.15) is 5.10 Å². The van der Waals surface area contributed by atoms with Gasteiger partial charge in [0.2, 0.25) is 11.8 Å². The van der Waals surface area contributed by atoms with Crippen LogP contribution in [0.1, 0.15) is 6.42 Å². The molecule has 1 fully saturated rings. The largest absolute Gasteiger partial charge is 0.486 e. The first kappa shape index (κ1) is 19.4. The molecule has 2 aromatic carbocycles. The third kappa shape index (κ3) is 3.79. The van der Waals surface area contributed by atoms with Crippen molar-refractivity contribution in [2.45, 2.75) is 6.42 Å². The third-order valence-corrected chi connectivity index (χ3v) is 5.45. The summed E-state index contributed by atoms with van der Waals surface area (Å²) in [6.07, 6.45) is 3.04. The quantitative estimate of drug-likeness (QED) is 0.671. The molecule has 0 radical (unpaired) electrons. The average molecular weight is 440 g/mol. The first-order valence-corrected chi connectivity index (χ1v) is 10.1. The van der Waals surface area contributed by atoms with E-state index in [9.17, 15) is 9.59 Å². The van der Waals surface area contributed by atoms with E-state index in [1.165, 1.54) is 17.3 Å². The molecule has 158 valence electrons. The third-order valence-electron chi connectivity index (χ3n) is 5.22. The van der Waals surface area contributed by atoms with Crippen molar-refractivity contribution >= 4 is 34.8 Å². The van der Waals surface area contributed by atoms with Crippen LogP contribution in [0.2, 0.25) is 5.02 Å². The predicted molar refractivity (Wildman–Crippen MR) is 113 cm³/mol. The van der Waals surface area contributed by atoms with Gasteiger partial charge in [0.25, 0.3) is 0 Å². The number of ether oxygens (including phenoxy) is 2. The Hall–Kier alpha value is -3.59. The number of nitrogens with one attached hydrogen (secondary N) is 1. The first-order valence-electron chi connectivity index (χ1n) is 9.74. The second-order valence-corrected chi connectivity index (χ2v) is 7.66. The number of carbonyl (C=O) groups excluding carboxylic acids is 2. The van der Waals surface area contributed by atoms with Crippen LogP contribution in [0.4, 0.5) is 11.4 Å². The van der Waals surface area contributed by atoms with Gasteiger partial charge in [-0.25, -0.2) is 9.67 Å². The summed E-state index contributed by atoms with van der Waals surface area (Å²) in [7, 11) is 0. The molecule has 1 N–H and O–H groups in total. The Balaban J connectivity index is 1.34. The van der Waals surface area contributed by atoms with E-state index in [1.54, 1.807) is 41.3 Å². The smallest absolute Gasteiger partial charge is 0.229 e. The fourth-order valence-electron chi connectivity index (χ4n) is 3.71. The van der Waals surface area contributed by atoms with Gasteiger partial charge in [0.15, 0.2) is 11.5 Å². The van der Waals surface area contributed by atoms with E-state index in [0.717, 1.165) is 0 Å². The van der Waals surface area contributed by atoms with Crippen molar-refractivity contribution in [3.8, 4) is 17.2 Å². The molecule has 0 bridgehead atoms. The zero-order valence-electron chi connectivity index (χ0n) is 16.3. The molecular weight excluding hydrogens is 422 g/mol. The van der Waals surface area contributed by atoms with Crippen LogP contribution in [0, 0.1) is 5.92 Å². The Kier molecular flexibility index (Phi) is 4.95. The molecule has 2 amide bonds. The van der Waals surface area contributed by atoms with E-state index in [1.807, 2.05) is 0 Å². The summed E-state index contributed by atoms with van der Waals surface area (Å²) < 4.78 is 12.7. The van der Waals surface area contributed by atoms with Crippen LogP contribution < -0.4 is 19.7 Å². The van der Waals surface area contributed by atoms with Gasteiger partial charge >= 0.3 is 0 Å². The van der Waals surface area contributed by atoms with Crippen LogP contribution in [0.15, 0.2) is 49.1 Å². The van der Waals surface area contributed by atoms with Crippen LogP contribution in [-0.2, 0) is 9.59 Å².